The number of nitrogens with two attached hydrogens (primary N) is 1. The molecule has 2 aromatic carbocycles. The van der Waals surface area contributed by atoms with Crippen LogP contribution in [0.1, 0.15) is 90.7 Å². The fraction of sp³-hybridized carbons (Fsp3) is 0.571. The maximum Gasteiger partial charge on any atom is 0.329 e. The van der Waals surface area contributed by atoms with Gasteiger partial charge in [-0.15, -0.1) is 0 Å². The van der Waals surface area contributed by atoms with Gasteiger partial charge in [0.05, 0.1) is 12.5 Å². The van der Waals surface area contributed by atoms with Gasteiger partial charge in [-0.2, -0.15) is 0 Å². The number of nitrogens with zero attached hydrogens (tertiary/aromatic N) is 3. The van der Waals surface area contributed by atoms with Crippen LogP contribution in [0.3, 0.4) is 0 Å². The Balaban J connectivity index is 1.61. The molecule has 0 aromatic heterocycles. The van der Waals surface area contributed by atoms with Gasteiger partial charge in [-0.3, -0.25) is 24.0 Å². The summed E-state index contributed by atoms with van der Waals surface area (Å²) in [5, 5.41) is 2.77. The number of likely N-dealkylation sites (N-methyl/N-ethyl adjacent to an activating group) is 1. The lowest BCUT2D eigenvalue weighted by atomic mass is 9.95. The van der Waals surface area contributed by atoms with E-state index in [1.165, 1.54) is 21.7 Å². The first-order valence-electron chi connectivity index (χ1n) is 19.5. The number of esters is 2. The molecule has 4 amide bonds. The van der Waals surface area contributed by atoms with Crippen LogP contribution < -0.4 is 11.1 Å². The number of amides is 4. The van der Waals surface area contributed by atoms with Crippen molar-refractivity contribution in [2.75, 3.05) is 20.1 Å². The number of nitrogens with one attached hydrogen (secondary N) is 1. The van der Waals surface area contributed by atoms with Crippen molar-refractivity contribution in [3.8, 4) is 0 Å². The average molecular weight is 762 g/mol. The number of likely N-dealkylation sites (tertiary alicyclic amines) is 2. The highest BCUT2D eigenvalue weighted by atomic mass is 16.6. The molecule has 3 N–H and O–H groups in total. The third-order valence-electron chi connectivity index (χ3n) is 10.4. The fourth-order valence-electron chi connectivity index (χ4n) is 7.09. The molecular formula is C42H59N5O8. The smallest absolute Gasteiger partial charge is 0.329 e. The Morgan fingerprint density at radius 3 is 2.05 bits per heavy atom. The Morgan fingerprint density at radius 1 is 0.855 bits per heavy atom. The number of hydrogen-bond donors (Lipinski definition) is 2. The second kappa shape index (κ2) is 19.7. The average Bonchev–Trinajstić information content (AvgIpc) is 3.67. The first kappa shape index (κ1) is 43.0. The fourth-order valence-corrected chi connectivity index (χ4v) is 7.09. The summed E-state index contributed by atoms with van der Waals surface area (Å²) in [4.78, 5) is 87.5. The third kappa shape index (κ3) is 11.9. The van der Waals surface area contributed by atoms with Crippen molar-refractivity contribution in [1.82, 2.24) is 20.0 Å². The van der Waals surface area contributed by atoms with Crippen molar-refractivity contribution in [3.63, 3.8) is 0 Å². The van der Waals surface area contributed by atoms with Crippen molar-refractivity contribution in [2.24, 2.45) is 11.7 Å². The Bertz CT molecular complexity index is 1630. The Kier molecular flexibility index (Phi) is 15.4. The van der Waals surface area contributed by atoms with Gasteiger partial charge in [0.25, 0.3) is 0 Å². The minimum Gasteiger partial charge on any atom is -0.460 e. The summed E-state index contributed by atoms with van der Waals surface area (Å²) in [6.45, 7) is 9.61. The van der Waals surface area contributed by atoms with E-state index in [0.29, 0.717) is 51.6 Å². The van der Waals surface area contributed by atoms with Gasteiger partial charge in [0.15, 0.2) is 0 Å². The molecule has 2 aromatic rings. The van der Waals surface area contributed by atoms with E-state index in [9.17, 15) is 28.8 Å². The molecule has 2 aliphatic heterocycles. The van der Waals surface area contributed by atoms with Crippen molar-refractivity contribution in [1.29, 1.82) is 0 Å². The van der Waals surface area contributed by atoms with Crippen LogP contribution in [0.2, 0.25) is 0 Å². The number of rotatable bonds is 15. The van der Waals surface area contributed by atoms with Crippen molar-refractivity contribution >= 4 is 35.6 Å². The predicted molar refractivity (Wildman–Crippen MR) is 207 cm³/mol. The molecular weight excluding hydrogens is 702 g/mol. The first-order valence-corrected chi connectivity index (χ1v) is 19.5. The lowest BCUT2D eigenvalue weighted by Crippen LogP contribution is -2.61. The summed E-state index contributed by atoms with van der Waals surface area (Å²) in [7, 11) is 1.46. The Morgan fingerprint density at radius 2 is 1.44 bits per heavy atom. The van der Waals surface area contributed by atoms with Gasteiger partial charge in [-0.1, -0.05) is 80.9 Å². The van der Waals surface area contributed by atoms with E-state index in [1.54, 1.807) is 20.8 Å². The quantitative estimate of drug-likeness (QED) is 0.257. The highest BCUT2D eigenvalue weighted by Crippen LogP contribution is 2.25. The van der Waals surface area contributed by atoms with Crippen LogP contribution in [0.15, 0.2) is 60.7 Å². The van der Waals surface area contributed by atoms with Crippen LogP contribution in [0.4, 0.5) is 0 Å². The lowest BCUT2D eigenvalue weighted by Gasteiger charge is -2.38. The van der Waals surface area contributed by atoms with E-state index >= 15 is 0 Å². The van der Waals surface area contributed by atoms with Crippen LogP contribution >= 0.6 is 0 Å². The molecule has 13 heteroatoms. The molecule has 6 atom stereocenters. The second-order valence-corrected chi connectivity index (χ2v) is 15.7. The zero-order valence-corrected chi connectivity index (χ0v) is 33.2. The number of benzene rings is 2. The molecule has 2 fully saturated rings. The minimum atomic E-state index is -1.43. The highest BCUT2D eigenvalue weighted by Gasteiger charge is 2.43. The molecule has 2 aliphatic rings. The molecule has 0 saturated carbocycles. The van der Waals surface area contributed by atoms with Crippen molar-refractivity contribution < 1.29 is 38.2 Å². The van der Waals surface area contributed by atoms with Gasteiger partial charge < -0.3 is 35.2 Å². The zero-order chi connectivity index (χ0) is 40.3. The van der Waals surface area contributed by atoms with Gasteiger partial charge in [0.2, 0.25) is 23.6 Å². The van der Waals surface area contributed by atoms with E-state index in [4.69, 9.17) is 15.2 Å². The number of carbonyl (C=O) groups excluding carboxylic acids is 6. The Hall–Kier alpha value is -4.78. The molecule has 0 spiro atoms. The van der Waals surface area contributed by atoms with Crippen LogP contribution in [0, 0.1) is 5.92 Å². The maximum atomic E-state index is 14.6. The molecule has 55 heavy (non-hydrogen) atoms. The number of hydrogen-bond acceptors (Lipinski definition) is 9. The molecule has 13 nitrogen and oxygen atoms in total. The number of ether oxygens (including phenoxy) is 2. The molecule has 0 aliphatic carbocycles. The van der Waals surface area contributed by atoms with Crippen molar-refractivity contribution in [3.05, 3.63) is 71.8 Å². The number of piperidine rings is 1. The molecule has 4 rings (SSSR count). The first-order chi connectivity index (χ1) is 26.1. The van der Waals surface area contributed by atoms with Gasteiger partial charge in [-0.25, -0.2) is 4.79 Å². The van der Waals surface area contributed by atoms with Gasteiger partial charge >= 0.3 is 11.9 Å². The van der Waals surface area contributed by atoms with E-state index in [-0.39, 0.29) is 24.9 Å². The molecule has 300 valence electrons. The topological polar surface area (TPSA) is 169 Å². The summed E-state index contributed by atoms with van der Waals surface area (Å²) in [5.41, 5.74) is 7.03. The van der Waals surface area contributed by atoms with Crippen LogP contribution in [0.5, 0.6) is 0 Å². The molecule has 2 heterocycles. The van der Waals surface area contributed by atoms with E-state index < -0.39 is 71.9 Å². The standard InChI is InChI=1S/C42H59N5O8/c1-7-28(2)36(43)40(52)46-23-15-14-21-32(46)37(49)44-31(26-35(48)55-42(3,4)5)38(50)45(6)34(25-29-17-10-8-11-18-29)39(51)47-24-16-22-33(47)41(53)54-27-30-19-12-9-13-20-30/h8-13,17-20,28,31-34,36H,7,14-16,21-27,43H2,1-6H3,(H,44,49)/t28?,31-,32+,33-,34?,36-/m0/s1. The predicted octanol–water partition coefficient (Wildman–Crippen LogP) is 3.76. The van der Waals surface area contributed by atoms with Crippen molar-refractivity contribution in [2.45, 2.75) is 128 Å². The minimum absolute atomic E-state index is 0.0592. The van der Waals surface area contributed by atoms with Crippen LogP contribution in [-0.4, -0.2) is 106 Å². The van der Waals surface area contributed by atoms with Gasteiger partial charge in [0.1, 0.15) is 36.4 Å². The van der Waals surface area contributed by atoms with E-state index in [0.717, 1.165) is 11.1 Å². The monoisotopic (exact) mass is 761 g/mol. The lowest BCUT2D eigenvalue weighted by molar-refractivity contribution is -0.160. The van der Waals surface area contributed by atoms with Crippen LogP contribution in [0.25, 0.3) is 0 Å². The van der Waals surface area contributed by atoms with Gasteiger partial charge in [-0.05, 0) is 69.9 Å². The summed E-state index contributed by atoms with van der Waals surface area (Å²) in [6.07, 6.45) is 3.01. The second-order valence-electron chi connectivity index (χ2n) is 15.7. The summed E-state index contributed by atoms with van der Waals surface area (Å²) < 4.78 is 11.2. The third-order valence-corrected chi connectivity index (χ3v) is 10.4. The summed E-state index contributed by atoms with van der Waals surface area (Å²) in [5.74, 6) is -3.43. The maximum absolute atomic E-state index is 14.6. The molecule has 0 bridgehead atoms. The summed E-state index contributed by atoms with van der Waals surface area (Å²) in [6, 6.07) is 13.4. The SMILES string of the molecule is CCC(C)[C@H](N)C(=O)N1CCCC[C@@H]1C(=O)N[C@@H](CC(=O)OC(C)(C)C)C(=O)N(C)C(Cc1ccccc1)C(=O)N1CCC[C@H]1C(=O)OCc1ccccc1. The number of carbonyl (C=O) groups is 6. The Labute approximate surface area is 325 Å². The van der Waals surface area contributed by atoms with E-state index in [2.05, 4.69) is 5.32 Å². The molecule has 2 saturated heterocycles. The summed E-state index contributed by atoms with van der Waals surface area (Å²) >= 11 is 0. The van der Waals surface area contributed by atoms with Crippen LogP contribution in [-0.2, 0) is 51.3 Å². The highest BCUT2D eigenvalue weighted by molar-refractivity contribution is 5.97. The zero-order valence-electron chi connectivity index (χ0n) is 33.2. The van der Waals surface area contributed by atoms with Gasteiger partial charge in [0, 0.05) is 26.6 Å². The molecule has 2 unspecified atom stereocenters. The largest absolute Gasteiger partial charge is 0.460 e. The normalized spacial score (nSPS) is 19.4. The molecule has 0 radical (unpaired) electrons. The van der Waals surface area contributed by atoms with E-state index in [1.807, 2.05) is 74.5 Å².